The summed E-state index contributed by atoms with van der Waals surface area (Å²) >= 11 is 17.5. The number of carbonyl (C=O) groups excluding carboxylic acids is 6. The molecule has 5 rings (SSSR count). The van der Waals surface area contributed by atoms with Gasteiger partial charge in [-0.3, -0.25) is 28.9 Å². The Kier molecular flexibility index (Phi) is 17.4. The molecule has 3 aliphatic rings. The van der Waals surface area contributed by atoms with Gasteiger partial charge in [0.15, 0.2) is 24.8 Å². The number of hydrogen-bond donors (Lipinski definition) is 2. The molecule has 2 aromatic rings. The third kappa shape index (κ3) is 13.8. The molecule has 0 bridgehead atoms. The van der Waals surface area contributed by atoms with E-state index in [1.165, 1.54) is 12.1 Å². The van der Waals surface area contributed by atoms with Crippen LogP contribution < -0.4 is 5.32 Å². The second-order valence-electron chi connectivity index (χ2n) is 16.2. The number of alkyl halides is 3. The van der Waals surface area contributed by atoms with Gasteiger partial charge in [-0.2, -0.15) is 0 Å². The topological polar surface area (TPSA) is 221 Å². The Bertz CT molecular complexity index is 1920. The summed E-state index contributed by atoms with van der Waals surface area (Å²) in [6.45, 7) is 8.21. The van der Waals surface area contributed by atoms with Gasteiger partial charge in [0, 0.05) is 35.5 Å². The quantitative estimate of drug-likeness (QED) is 0.0742. The summed E-state index contributed by atoms with van der Waals surface area (Å²) in [7, 11) is -1.72. The van der Waals surface area contributed by atoms with Gasteiger partial charge in [-0.1, -0.05) is 96.9 Å². The first-order valence-electron chi connectivity index (χ1n) is 20.0. The van der Waals surface area contributed by atoms with Crippen LogP contribution in [0, 0.1) is 0 Å². The van der Waals surface area contributed by atoms with Crippen molar-refractivity contribution < 1.29 is 76.5 Å². The average molecular weight is 962 g/mol. The molecule has 0 unspecified atom stereocenters. The molecule has 22 heteroatoms. The molecule has 2 fully saturated rings. The molecule has 3 heterocycles. The first-order valence-corrected chi connectivity index (χ1v) is 24.8. The Hall–Kier alpha value is -3.89. The number of halogens is 3. The summed E-state index contributed by atoms with van der Waals surface area (Å²) in [4.78, 5) is 79.5. The van der Waals surface area contributed by atoms with Crippen LogP contribution in [0.5, 0.6) is 0 Å². The van der Waals surface area contributed by atoms with E-state index < -0.39 is 122 Å². The SMILES string of the molecule is CC(=O)OC[C@H]1O[C@@H](O[C@H]2[C@H](O)[C@@H](N3C(=O)c4ccccc4C3=O)[C@H](OCC[Si](C)(C)C)O[C@@H]2COCc2ccccc2)[C@H](NC(=O)OCC(Cl)(Cl)Cl)[C@@H](OC(C)=O)[C@@H]1OC(C)=O. The van der Waals surface area contributed by atoms with Gasteiger partial charge in [-0.05, 0) is 23.7 Å². The van der Waals surface area contributed by atoms with Gasteiger partial charge in [0.2, 0.25) is 3.79 Å². The first-order chi connectivity index (χ1) is 29.6. The molecule has 346 valence electrons. The normalized spacial score (nSPS) is 27.3. The van der Waals surface area contributed by atoms with E-state index in [1.807, 2.05) is 30.3 Å². The molecule has 18 nitrogen and oxygen atoms in total. The predicted molar refractivity (Wildman–Crippen MR) is 225 cm³/mol. The third-order valence-corrected chi connectivity index (χ3v) is 12.0. The molecule has 2 N–H and O–H groups in total. The zero-order valence-electron chi connectivity index (χ0n) is 35.4. The number of ether oxygens (including phenoxy) is 9. The zero-order chi connectivity index (χ0) is 46.2. The number of alkyl carbamates (subject to hydrolysis) is 1. The van der Waals surface area contributed by atoms with Crippen LogP contribution in [0.4, 0.5) is 4.79 Å². The van der Waals surface area contributed by atoms with E-state index in [9.17, 15) is 33.9 Å². The molecule has 0 radical (unpaired) electrons. The van der Waals surface area contributed by atoms with Crippen molar-refractivity contribution in [3.05, 3.63) is 71.3 Å². The number of rotatable bonds is 17. The smallest absolute Gasteiger partial charge is 0.407 e. The van der Waals surface area contributed by atoms with Crippen molar-refractivity contribution in [1.82, 2.24) is 10.2 Å². The molecule has 10 atom stereocenters. The highest BCUT2D eigenvalue weighted by molar-refractivity contribution is 6.76. The predicted octanol–water partition coefficient (Wildman–Crippen LogP) is 4.31. The molecule has 3 aliphatic heterocycles. The second-order valence-corrected chi connectivity index (χ2v) is 24.3. The van der Waals surface area contributed by atoms with Gasteiger partial charge >= 0.3 is 24.0 Å². The Morgan fingerprint density at radius 3 is 1.92 bits per heavy atom. The van der Waals surface area contributed by atoms with E-state index >= 15 is 0 Å². The highest BCUT2D eigenvalue weighted by Crippen LogP contribution is 2.37. The Morgan fingerprint density at radius 1 is 0.778 bits per heavy atom. The minimum Gasteiger partial charge on any atom is -0.463 e. The number of hydrogen-bond acceptors (Lipinski definition) is 16. The summed E-state index contributed by atoms with van der Waals surface area (Å²) in [6, 6.07) is 12.7. The summed E-state index contributed by atoms with van der Waals surface area (Å²) in [5.41, 5.74) is 0.965. The van der Waals surface area contributed by atoms with Crippen LogP contribution in [0.2, 0.25) is 25.7 Å². The molecular formula is C41H51Cl3N2O16Si. The molecular weight excluding hydrogens is 911 g/mol. The average Bonchev–Trinajstić information content (AvgIpc) is 3.44. The second kappa shape index (κ2) is 21.9. The minimum atomic E-state index is -2.05. The van der Waals surface area contributed by atoms with Crippen molar-refractivity contribution in [3.63, 3.8) is 0 Å². The minimum absolute atomic E-state index is 0.0781. The lowest BCUT2D eigenvalue weighted by atomic mass is 9.93. The van der Waals surface area contributed by atoms with Crippen molar-refractivity contribution in [2.75, 3.05) is 26.4 Å². The maximum atomic E-state index is 14.1. The number of nitrogens with zero attached hydrogens (tertiary/aromatic N) is 1. The van der Waals surface area contributed by atoms with Crippen molar-refractivity contribution in [1.29, 1.82) is 0 Å². The Morgan fingerprint density at radius 2 is 1.35 bits per heavy atom. The highest BCUT2D eigenvalue weighted by Gasteiger charge is 2.58. The first kappa shape index (κ1) is 50.1. The largest absolute Gasteiger partial charge is 0.463 e. The third-order valence-electron chi connectivity index (χ3n) is 9.94. The van der Waals surface area contributed by atoms with E-state index in [0.29, 0.717) is 6.04 Å². The summed E-state index contributed by atoms with van der Waals surface area (Å²) < 4.78 is 51.3. The molecule has 3 amide bonds. The van der Waals surface area contributed by atoms with Crippen molar-refractivity contribution in [2.24, 2.45) is 0 Å². The molecule has 0 aliphatic carbocycles. The van der Waals surface area contributed by atoms with E-state index in [-0.39, 0.29) is 30.9 Å². The Labute approximate surface area is 379 Å². The van der Waals surface area contributed by atoms with Crippen LogP contribution in [0.25, 0.3) is 0 Å². The molecule has 2 aromatic carbocycles. The number of carbonyl (C=O) groups is 6. The van der Waals surface area contributed by atoms with Crippen molar-refractivity contribution in [2.45, 2.75) is 118 Å². The van der Waals surface area contributed by atoms with Gasteiger partial charge in [-0.25, -0.2) is 4.79 Å². The van der Waals surface area contributed by atoms with Gasteiger partial charge in [-0.15, -0.1) is 0 Å². The number of imide groups is 1. The van der Waals surface area contributed by atoms with Crippen LogP contribution in [-0.2, 0) is 63.6 Å². The maximum Gasteiger partial charge on any atom is 0.407 e. The van der Waals surface area contributed by atoms with Crippen LogP contribution >= 0.6 is 34.8 Å². The zero-order valence-corrected chi connectivity index (χ0v) is 38.6. The molecule has 0 aromatic heterocycles. The van der Waals surface area contributed by atoms with E-state index in [4.69, 9.17) is 77.4 Å². The summed E-state index contributed by atoms with van der Waals surface area (Å²) in [5, 5.41) is 15.1. The van der Waals surface area contributed by atoms with Crippen molar-refractivity contribution in [3.8, 4) is 0 Å². The van der Waals surface area contributed by atoms with E-state index in [2.05, 4.69) is 25.0 Å². The van der Waals surface area contributed by atoms with Crippen molar-refractivity contribution >= 4 is 78.7 Å². The fourth-order valence-corrected chi connectivity index (χ4v) is 7.99. The van der Waals surface area contributed by atoms with Crippen LogP contribution in [0.15, 0.2) is 54.6 Å². The number of benzene rings is 2. The summed E-state index contributed by atoms with van der Waals surface area (Å²) in [6.07, 6.45) is -13.9. The number of esters is 3. The van der Waals surface area contributed by atoms with Gasteiger partial charge in [0.05, 0.1) is 24.3 Å². The van der Waals surface area contributed by atoms with Crippen LogP contribution in [-0.4, -0.2) is 145 Å². The van der Waals surface area contributed by atoms with E-state index in [0.717, 1.165) is 31.2 Å². The lowest BCUT2D eigenvalue weighted by molar-refractivity contribution is -0.338. The molecule has 2 saturated heterocycles. The fourth-order valence-electron chi connectivity index (χ4n) is 7.10. The number of aliphatic hydroxyl groups is 1. The fraction of sp³-hybridized carbons (Fsp3) is 0.561. The maximum absolute atomic E-state index is 14.1. The number of amides is 3. The van der Waals surface area contributed by atoms with Crippen LogP contribution in [0.1, 0.15) is 47.1 Å². The number of aliphatic hydroxyl groups excluding tert-OH is 1. The summed E-state index contributed by atoms with van der Waals surface area (Å²) in [5.74, 6) is -4.01. The highest BCUT2D eigenvalue weighted by atomic mass is 35.6. The molecule has 63 heavy (non-hydrogen) atoms. The van der Waals surface area contributed by atoms with Gasteiger partial charge < -0.3 is 53.1 Å². The monoisotopic (exact) mass is 960 g/mol. The number of nitrogens with one attached hydrogen (secondary N) is 1. The molecule has 0 spiro atoms. The molecule has 0 saturated carbocycles. The lowest BCUT2D eigenvalue weighted by Gasteiger charge is -2.50. The van der Waals surface area contributed by atoms with Gasteiger partial charge in [0.25, 0.3) is 11.8 Å². The van der Waals surface area contributed by atoms with Gasteiger partial charge in [0.1, 0.15) is 49.7 Å². The lowest BCUT2D eigenvalue weighted by Crippen LogP contribution is -2.70. The standard InChI is InChI=1S/C41H51Cl3N2O16Si/c1-22(47)56-20-29-34(58-23(2)48)35(59-24(3)49)30(45-40(53)57-21-41(42,43)44)38(60-29)62-33-28(19-54-18-25-12-8-7-9-13-25)61-39(55-16-17-63(4,5)6)31(32(33)50)46-36(51)26-14-10-11-15-27(26)37(46)52/h7-15,28-35,38-39,50H,16-21H2,1-6H3,(H,45,53)/t28-,29-,30-,31-,32-,33-,34-,35-,38+,39-/m1/s1. The van der Waals surface area contributed by atoms with Crippen LogP contribution in [0.3, 0.4) is 0 Å². The van der Waals surface area contributed by atoms with E-state index in [1.54, 1.807) is 12.1 Å². The Balaban J connectivity index is 1.59. The number of fused-ring (bicyclic) bond motifs is 1.